The zero-order chi connectivity index (χ0) is 21.4. The van der Waals surface area contributed by atoms with E-state index in [2.05, 4.69) is 5.32 Å². The van der Waals surface area contributed by atoms with Gasteiger partial charge < -0.3 is 10.2 Å². The maximum Gasteiger partial charge on any atom is 0.242 e. The SMILES string of the molecule is CCCNC(=O)[C@H](CC)N(Cc1ccc(Cl)cc1Cl)C(=O)Cc1cccc(Cl)c1. The predicted molar refractivity (Wildman–Crippen MR) is 120 cm³/mol. The van der Waals surface area contributed by atoms with Crippen LogP contribution in [0.5, 0.6) is 0 Å². The predicted octanol–water partition coefficient (Wildman–Crippen LogP) is 5.52. The number of nitrogens with zero attached hydrogens (tertiary/aromatic N) is 1. The van der Waals surface area contributed by atoms with Gasteiger partial charge in [-0.15, -0.1) is 0 Å². The molecule has 2 rings (SSSR count). The number of halogens is 3. The lowest BCUT2D eigenvalue weighted by atomic mass is 10.1. The van der Waals surface area contributed by atoms with E-state index in [1.165, 1.54) is 0 Å². The normalized spacial score (nSPS) is 11.8. The van der Waals surface area contributed by atoms with Crippen LogP contribution in [0.15, 0.2) is 42.5 Å². The molecule has 0 aromatic heterocycles. The summed E-state index contributed by atoms with van der Waals surface area (Å²) in [5, 5.41) is 4.44. The molecule has 0 radical (unpaired) electrons. The summed E-state index contributed by atoms with van der Waals surface area (Å²) in [7, 11) is 0. The lowest BCUT2D eigenvalue weighted by Crippen LogP contribution is -2.49. The summed E-state index contributed by atoms with van der Waals surface area (Å²) in [5.41, 5.74) is 1.52. The van der Waals surface area contributed by atoms with Crippen molar-refractivity contribution < 1.29 is 9.59 Å². The highest BCUT2D eigenvalue weighted by atomic mass is 35.5. The van der Waals surface area contributed by atoms with Gasteiger partial charge in [-0.3, -0.25) is 9.59 Å². The molecule has 4 nitrogen and oxygen atoms in total. The first-order chi connectivity index (χ1) is 13.8. The molecule has 0 unspecified atom stereocenters. The maximum atomic E-state index is 13.2. The third-order valence-corrected chi connectivity index (χ3v) is 5.36. The molecule has 0 heterocycles. The van der Waals surface area contributed by atoms with Crippen molar-refractivity contribution in [1.29, 1.82) is 0 Å². The zero-order valence-electron chi connectivity index (χ0n) is 16.6. The fraction of sp³-hybridized carbons (Fsp3) is 0.364. The van der Waals surface area contributed by atoms with E-state index in [1.54, 1.807) is 41.3 Å². The van der Waals surface area contributed by atoms with Crippen LogP contribution >= 0.6 is 34.8 Å². The van der Waals surface area contributed by atoms with Crippen LogP contribution in [0.1, 0.15) is 37.8 Å². The Morgan fingerprint density at radius 2 is 1.76 bits per heavy atom. The van der Waals surface area contributed by atoms with Crippen molar-refractivity contribution >= 4 is 46.6 Å². The van der Waals surface area contributed by atoms with E-state index in [1.807, 2.05) is 19.9 Å². The molecule has 0 bridgehead atoms. The molecule has 0 aliphatic carbocycles. The van der Waals surface area contributed by atoms with Crippen LogP contribution in [0.3, 0.4) is 0 Å². The van der Waals surface area contributed by atoms with E-state index in [4.69, 9.17) is 34.8 Å². The molecule has 156 valence electrons. The molecule has 2 amide bonds. The van der Waals surface area contributed by atoms with Crippen LogP contribution in [0.4, 0.5) is 0 Å². The van der Waals surface area contributed by atoms with Crippen molar-refractivity contribution in [3.63, 3.8) is 0 Å². The Kier molecular flexibility index (Phi) is 9.28. The second kappa shape index (κ2) is 11.4. The molecule has 2 aromatic rings. The molecular weight excluding hydrogens is 431 g/mol. The first kappa shape index (κ1) is 23.5. The standard InChI is InChI=1S/C22H25Cl3N2O2/c1-3-10-26-22(29)20(4-2)27(14-16-8-9-18(24)13-19(16)25)21(28)12-15-6-5-7-17(23)11-15/h5-9,11,13,20H,3-4,10,12,14H2,1-2H3,(H,26,29)/t20-/m0/s1. The van der Waals surface area contributed by atoms with Gasteiger partial charge in [0.15, 0.2) is 0 Å². The van der Waals surface area contributed by atoms with Crippen molar-refractivity contribution in [2.75, 3.05) is 6.54 Å². The second-order valence-electron chi connectivity index (χ2n) is 6.78. The summed E-state index contributed by atoms with van der Waals surface area (Å²) in [6.45, 7) is 4.65. The molecule has 29 heavy (non-hydrogen) atoms. The van der Waals surface area contributed by atoms with Crippen LogP contribution in [-0.2, 0) is 22.6 Å². The third-order valence-electron chi connectivity index (χ3n) is 4.54. The minimum atomic E-state index is -0.597. The Bertz CT molecular complexity index is 858. The van der Waals surface area contributed by atoms with E-state index in [0.717, 1.165) is 17.5 Å². The first-order valence-corrected chi connectivity index (χ1v) is 10.7. The van der Waals surface area contributed by atoms with Crippen molar-refractivity contribution in [2.24, 2.45) is 0 Å². The van der Waals surface area contributed by atoms with Crippen LogP contribution in [0.25, 0.3) is 0 Å². The number of hydrogen-bond donors (Lipinski definition) is 1. The largest absolute Gasteiger partial charge is 0.354 e. The van der Waals surface area contributed by atoms with Gasteiger partial charge in [0.2, 0.25) is 11.8 Å². The minimum absolute atomic E-state index is 0.142. The summed E-state index contributed by atoms with van der Waals surface area (Å²) in [5.74, 6) is -0.337. The summed E-state index contributed by atoms with van der Waals surface area (Å²) < 4.78 is 0. The molecule has 0 saturated carbocycles. The molecule has 1 atom stereocenters. The second-order valence-corrected chi connectivity index (χ2v) is 8.06. The fourth-order valence-corrected chi connectivity index (χ4v) is 3.72. The number of nitrogens with one attached hydrogen (secondary N) is 1. The maximum absolute atomic E-state index is 13.2. The number of amides is 2. The molecule has 7 heteroatoms. The van der Waals surface area contributed by atoms with E-state index in [9.17, 15) is 9.59 Å². The minimum Gasteiger partial charge on any atom is -0.354 e. The van der Waals surface area contributed by atoms with Crippen molar-refractivity contribution in [3.8, 4) is 0 Å². The van der Waals surface area contributed by atoms with Gasteiger partial charge in [-0.1, -0.05) is 66.8 Å². The number of carbonyl (C=O) groups is 2. The van der Waals surface area contributed by atoms with Gasteiger partial charge in [0, 0.05) is 28.2 Å². The summed E-state index contributed by atoms with van der Waals surface area (Å²) in [6.07, 6.45) is 1.45. The molecule has 0 saturated heterocycles. The highest BCUT2D eigenvalue weighted by molar-refractivity contribution is 6.35. The zero-order valence-corrected chi connectivity index (χ0v) is 18.8. The average Bonchev–Trinajstić information content (AvgIpc) is 2.67. The number of hydrogen-bond acceptors (Lipinski definition) is 2. The van der Waals surface area contributed by atoms with E-state index in [0.29, 0.717) is 28.0 Å². The Morgan fingerprint density at radius 1 is 1.03 bits per heavy atom. The molecule has 0 fully saturated rings. The first-order valence-electron chi connectivity index (χ1n) is 9.61. The average molecular weight is 456 g/mol. The Morgan fingerprint density at radius 3 is 2.38 bits per heavy atom. The lowest BCUT2D eigenvalue weighted by Gasteiger charge is -2.31. The van der Waals surface area contributed by atoms with Crippen LogP contribution in [-0.4, -0.2) is 29.3 Å². The smallest absolute Gasteiger partial charge is 0.242 e. The molecular formula is C22H25Cl3N2O2. The number of benzene rings is 2. The van der Waals surface area contributed by atoms with E-state index in [-0.39, 0.29) is 24.8 Å². The van der Waals surface area contributed by atoms with Gasteiger partial charge in [0.25, 0.3) is 0 Å². The summed E-state index contributed by atoms with van der Waals surface area (Å²) in [6, 6.07) is 11.7. The highest BCUT2D eigenvalue weighted by Gasteiger charge is 2.29. The Balaban J connectivity index is 2.32. The van der Waals surface area contributed by atoms with Crippen molar-refractivity contribution in [2.45, 2.75) is 45.7 Å². The molecule has 0 spiro atoms. The quantitative estimate of drug-likeness (QED) is 0.541. The highest BCUT2D eigenvalue weighted by Crippen LogP contribution is 2.24. The van der Waals surface area contributed by atoms with Crippen molar-refractivity contribution in [1.82, 2.24) is 10.2 Å². The summed E-state index contributed by atoms with van der Waals surface area (Å²) in [4.78, 5) is 27.5. The molecule has 0 aliphatic rings. The van der Waals surface area contributed by atoms with Gasteiger partial charge in [0.1, 0.15) is 6.04 Å². The Hall–Kier alpha value is -1.75. The molecule has 1 N–H and O–H groups in total. The van der Waals surface area contributed by atoms with E-state index >= 15 is 0 Å². The number of carbonyl (C=O) groups excluding carboxylic acids is 2. The van der Waals surface area contributed by atoms with Crippen LogP contribution in [0, 0.1) is 0 Å². The number of rotatable bonds is 9. The fourth-order valence-electron chi connectivity index (χ4n) is 3.04. The molecule has 0 aliphatic heterocycles. The van der Waals surface area contributed by atoms with Gasteiger partial charge in [-0.05, 0) is 48.2 Å². The van der Waals surface area contributed by atoms with Gasteiger partial charge >= 0.3 is 0 Å². The van der Waals surface area contributed by atoms with Crippen molar-refractivity contribution in [3.05, 3.63) is 68.7 Å². The van der Waals surface area contributed by atoms with E-state index < -0.39 is 6.04 Å². The monoisotopic (exact) mass is 454 g/mol. The lowest BCUT2D eigenvalue weighted by molar-refractivity contribution is -0.140. The molecule has 2 aromatic carbocycles. The topological polar surface area (TPSA) is 49.4 Å². The van der Waals surface area contributed by atoms with Gasteiger partial charge in [-0.25, -0.2) is 0 Å². The Labute approximate surface area is 187 Å². The summed E-state index contributed by atoms with van der Waals surface area (Å²) >= 11 is 18.4. The van der Waals surface area contributed by atoms with Crippen LogP contribution < -0.4 is 5.32 Å². The van der Waals surface area contributed by atoms with Gasteiger partial charge in [-0.2, -0.15) is 0 Å². The van der Waals surface area contributed by atoms with Crippen LogP contribution in [0.2, 0.25) is 15.1 Å². The third kappa shape index (κ3) is 6.91. The van der Waals surface area contributed by atoms with Gasteiger partial charge in [0.05, 0.1) is 6.42 Å².